The van der Waals surface area contributed by atoms with Gasteiger partial charge in [-0.15, -0.1) is 0 Å². The van der Waals surface area contributed by atoms with Crippen molar-refractivity contribution in [3.05, 3.63) is 210 Å². The van der Waals surface area contributed by atoms with E-state index in [1.807, 2.05) is 64.1 Å². The van der Waals surface area contributed by atoms with Crippen molar-refractivity contribution in [2.24, 2.45) is 47.3 Å². The average Bonchev–Trinajstić information content (AvgIpc) is 1.55. The molecule has 107 heavy (non-hydrogen) atoms. The van der Waals surface area contributed by atoms with Crippen LogP contribution in [0.1, 0.15) is 145 Å². The van der Waals surface area contributed by atoms with Crippen molar-refractivity contribution in [1.82, 2.24) is 0 Å². The third-order valence-electron chi connectivity index (χ3n) is 18.1. The lowest BCUT2D eigenvalue weighted by Gasteiger charge is -2.32. The maximum Gasteiger partial charge on any atom is 0.450 e. The van der Waals surface area contributed by atoms with E-state index in [-0.39, 0.29) is 59.5 Å². The molecule has 1 heterocycles. The number of aromatic hydroxyl groups is 1. The molecule has 1 N–H and O–H groups in total. The molecule has 1 aliphatic heterocycles. The summed E-state index contributed by atoms with van der Waals surface area (Å²) in [7, 11) is -14.1. The van der Waals surface area contributed by atoms with E-state index in [2.05, 4.69) is 182 Å². The second kappa shape index (κ2) is 42.4. The largest absolute Gasteiger partial charge is 0.743 e. The second-order valence-electron chi connectivity index (χ2n) is 27.3. The summed E-state index contributed by atoms with van der Waals surface area (Å²) in [5.74, 6) is -3.07. The smallest absolute Gasteiger partial charge is 0.450 e. The normalized spacial score (nSPS) is 17.2. The molecular weight excluding hydrogens is 1450 g/mol. The lowest BCUT2D eigenvalue weighted by Crippen LogP contribution is -2.61. The van der Waals surface area contributed by atoms with Gasteiger partial charge in [0.2, 0.25) is 0 Å². The highest BCUT2D eigenvalue weighted by Crippen LogP contribution is 2.56. The summed E-state index contributed by atoms with van der Waals surface area (Å²) >= 11 is 0. The molecule has 3 fully saturated rings. The zero-order chi connectivity index (χ0) is 79.5. The van der Waals surface area contributed by atoms with E-state index in [0.29, 0.717) is 66.5 Å². The van der Waals surface area contributed by atoms with Gasteiger partial charge in [-0.1, -0.05) is 186 Å². The number of carbonyl (C=O) groups is 2. The van der Waals surface area contributed by atoms with Gasteiger partial charge < -0.3 is 42.3 Å². The monoisotopic (exact) mass is 1550 g/mol. The van der Waals surface area contributed by atoms with Crippen LogP contribution < -0.4 is 13.7 Å². The van der Waals surface area contributed by atoms with Crippen LogP contribution in [0.4, 0.5) is 26.3 Å². The van der Waals surface area contributed by atoms with Crippen LogP contribution in [0.15, 0.2) is 203 Å². The number of phenols is 1. The van der Waals surface area contributed by atoms with Gasteiger partial charge in [-0.2, -0.15) is 34.8 Å². The van der Waals surface area contributed by atoms with Crippen molar-refractivity contribution < 1.29 is 95.0 Å². The Morgan fingerprint density at radius 1 is 0.533 bits per heavy atom. The molecular formula is C83H106F6O15S3. The summed E-state index contributed by atoms with van der Waals surface area (Å²) in [6, 6.07) is 59.9. The van der Waals surface area contributed by atoms with Crippen LogP contribution in [0, 0.1) is 47.3 Å². The molecule has 7 unspecified atom stereocenters. The van der Waals surface area contributed by atoms with E-state index in [4.69, 9.17) is 33.5 Å². The number of hydrogen-bond donors (Lipinski definition) is 1. The first-order chi connectivity index (χ1) is 50.5. The summed E-state index contributed by atoms with van der Waals surface area (Å²) in [5.41, 5.74) is 4.49. The van der Waals surface area contributed by atoms with Crippen molar-refractivity contribution in [2.45, 2.75) is 204 Å². The van der Waals surface area contributed by atoms with E-state index in [1.165, 1.54) is 43.5 Å². The Hall–Kier alpha value is -7.61. The highest BCUT2D eigenvalue weighted by molar-refractivity contribution is 7.97. The fourth-order valence-electron chi connectivity index (χ4n) is 12.1. The summed E-state index contributed by atoms with van der Waals surface area (Å²) in [6.07, 6.45) is 6.65. The molecule has 7 atom stereocenters. The summed E-state index contributed by atoms with van der Waals surface area (Å²) in [5, 5.41) is -4.79. The first-order valence-corrected chi connectivity index (χ1v) is 40.5. The number of benzene rings is 7. The Kier molecular flexibility index (Phi) is 35.7. The standard InChI is InChI=1S/C19H32O2.C18H15S.C15H24O2.C12H16O4.C11H10F6O6S2.C8H10O/c1-7-16-9-11-17(12-10-16)21-19(20-8-2)13-18(14(3)4)15(5)6;1-4-10-16(11-5-1)19(17-12-6-2-7-13-17)18-14-8-3-9-15-18;1-5-13-7-9-14(10-8-13)17-15(16-6-2)11-12(3)4;1-5(2)11(13)15-9-6-3-7-8(4-6)12(14)16-10(7)9;1-2-7-3-5-8(6-4-7)23-25(21,22)11(16,17)9(12,13)10(14,15)24(18,19)20;1-2-7-3-5-8(9)6-4-7/h9-12,14-15,18-19H,7-8,13H2,1-6H3;1-15H;7-10,12,15H,5-6,11H2,1-4H3;5-10H,3-4H2,1-2H3;3-6H,2H2,1H3,(H,18,19,20);3-6,9H,2H2,1H3/q;+1;;;;/p-1. The Bertz CT molecular complexity index is 3870. The topological polar surface area (TPSA) is 210 Å². The molecule has 3 aliphatic rings. The predicted octanol–water partition coefficient (Wildman–Crippen LogP) is 19.5. The summed E-state index contributed by atoms with van der Waals surface area (Å²) in [6.45, 7) is 30.6. The van der Waals surface area contributed by atoms with Gasteiger partial charge in [0.15, 0.2) is 37.4 Å². The number of halogens is 6. The van der Waals surface area contributed by atoms with Crippen LogP contribution in [0.2, 0.25) is 0 Å². The van der Waals surface area contributed by atoms with Gasteiger partial charge in [-0.3, -0.25) is 9.59 Å². The van der Waals surface area contributed by atoms with Crippen LogP contribution in [0.5, 0.6) is 23.0 Å². The van der Waals surface area contributed by atoms with Gasteiger partial charge in [0.05, 0.1) is 22.7 Å². The molecule has 0 amide bonds. The molecule has 588 valence electrons. The lowest BCUT2D eigenvalue weighted by atomic mass is 9.83. The van der Waals surface area contributed by atoms with Crippen LogP contribution >= 0.6 is 0 Å². The molecule has 0 spiro atoms. The molecule has 0 aromatic heterocycles. The Morgan fingerprint density at radius 2 is 0.907 bits per heavy atom. The van der Waals surface area contributed by atoms with Gasteiger partial charge in [-0.25, -0.2) is 8.42 Å². The van der Waals surface area contributed by atoms with Gasteiger partial charge in [0.1, 0.15) is 35.2 Å². The third kappa shape index (κ3) is 26.0. The van der Waals surface area contributed by atoms with Gasteiger partial charge >= 0.3 is 38.5 Å². The minimum atomic E-state index is -7.32. The first-order valence-electron chi connectivity index (χ1n) is 36.4. The number of carbonyl (C=O) groups excluding carboxylic acids is 2. The molecule has 2 saturated carbocycles. The van der Waals surface area contributed by atoms with Crippen molar-refractivity contribution in [3.63, 3.8) is 0 Å². The zero-order valence-electron chi connectivity index (χ0n) is 63.6. The number of ether oxygens (including phenoxy) is 6. The predicted molar refractivity (Wildman–Crippen MR) is 404 cm³/mol. The van der Waals surface area contributed by atoms with Crippen molar-refractivity contribution >= 4 is 43.1 Å². The second-order valence-corrected chi connectivity index (χ2v) is 32.4. The fraction of sp³-hybridized carbons (Fsp3) is 0.470. The summed E-state index contributed by atoms with van der Waals surface area (Å²) in [4.78, 5) is 27.1. The first kappa shape index (κ1) is 90.0. The van der Waals surface area contributed by atoms with E-state index >= 15 is 0 Å². The van der Waals surface area contributed by atoms with Gasteiger partial charge in [0, 0.05) is 37.9 Å². The number of hydrogen-bond acceptors (Lipinski definition) is 15. The van der Waals surface area contributed by atoms with E-state index in [0.717, 1.165) is 68.6 Å². The quantitative estimate of drug-likeness (QED) is 0.0115. The maximum absolute atomic E-state index is 13.5. The molecule has 24 heteroatoms. The van der Waals surface area contributed by atoms with E-state index in [1.54, 1.807) is 19.1 Å². The Balaban J connectivity index is 0.000000234. The van der Waals surface area contributed by atoms with Crippen LogP contribution in [-0.2, 0) is 85.4 Å². The van der Waals surface area contributed by atoms with Gasteiger partial charge in [-0.05, 0) is 183 Å². The minimum absolute atomic E-state index is 0.0146. The number of rotatable bonds is 29. The van der Waals surface area contributed by atoms with Crippen LogP contribution in [0.3, 0.4) is 0 Å². The minimum Gasteiger partial charge on any atom is -0.743 e. The highest BCUT2D eigenvalue weighted by atomic mass is 32.2. The lowest BCUT2D eigenvalue weighted by molar-refractivity contribution is -0.247. The summed E-state index contributed by atoms with van der Waals surface area (Å²) < 4.78 is 170. The number of aryl methyl sites for hydroxylation is 4. The Labute approximate surface area is 632 Å². The SMILES string of the molecule is CC(C)C(=O)OC1C2CC3C(=O)OC1C3C2.CCOC(CC(C(C)C)C(C)C)Oc1ccc(CC)cc1.CCOC(CC(C)C)Oc1ccc(CC)cc1.CCc1ccc(O)cc1.CCc1ccc(OS(=O)(=O)C(F)(F)C(F)(F)C(F)(F)S(=O)(=O)[O-])cc1.c1ccc([S+](c2ccccc2)c2ccccc2)cc1. The maximum atomic E-state index is 13.5. The van der Waals surface area contributed by atoms with Gasteiger partial charge in [0.25, 0.3) is 0 Å². The molecule has 2 aliphatic carbocycles. The zero-order valence-corrected chi connectivity index (χ0v) is 66.0. The average molecular weight is 1550 g/mol. The van der Waals surface area contributed by atoms with E-state index < -0.39 is 42.4 Å². The van der Waals surface area contributed by atoms with Crippen molar-refractivity contribution in [2.75, 3.05) is 13.2 Å². The Morgan fingerprint density at radius 3 is 1.25 bits per heavy atom. The third-order valence-corrected chi connectivity index (χ3v) is 22.5. The molecule has 7 aromatic rings. The fourth-order valence-corrected chi connectivity index (χ4v) is 15.6. The molecule has 10 rings (SSSR count). The molecule has 7 aromatic carbocycles. The molecule has 15 nitrogen and oxygen atoms in total. The molecule has 2 bridgehead atoms. The molecule has 0 radical (unpaired) electrons. The highest BCUT2D eigenvalue weighted by Gasteiger charge is 2.81. The number of esters is 2. The van der Waals surface area contributed by atoms with Crippen molar-refractivity contribution in [1.29, 1.82) is 0 Å². The van der Waals surface area contributed by atoms with Crippen LogP contribution in [0.25, 0.3) is 0 Å². The number of fused-ring (bicyclic) bond motifs is 1. The van der Waals surface area contributed by atoms with Crippen LogP contribution in [-0.4, -0.2) is 92.9 Å². The van der Waals surface area contributed by atoms with E-state index in [9.17, 15) is 57.3 Å². The number of alkyl halides is 6. The van der Waals surface area contributed by atoms with Crippen molar-refractivity contribution in [3.8, 4) is 23.0 Å². The molecule has 1 saturated heterocycles. The number of phenolic OH excluding ortho intramolecular Hbond substituents is 1.